The summed E-state index contributed by atoms with van der Waals surface area (Å²) in [4.78, 5) is 25.9. The van der Waals surface area contributed by atoms with Gasteiger partial charge in [0.15, 0.2) is 0 Å². The van der Waals surface area contributed by atoms with Gasteiger partial charge in [0.25, 0.3) is 5.91 Å². The van der Waals surface area contributed by atoms with Gasteiger partial charge in [-0.15, -0.1) is 0 Å². The van der Waals surface area contributed by atoms with E-state index in [0.29, 0.717) is 17.9 Å². The SMILES string of the molecule is CC(C)CN1C[C@@]2(CCc3cc(C(=O)NO)ccc3C2)CC1=O. The molecule has 124 valence electrons. The Hall–Kier alpha value is -1.88. The first-order valence-corrected chi connectivity index (χ1v) is 8.26. The Kier molecular flexibility index (Phi) is 4.15. The highest BCUT2D eigenvalue weighted by atomic mass is 16.5. The molecule has 3 rings (SSSR count). The summed E-state index contributed by atoms with van der Waals surface area (Å²) in [7, 11) is 0. The second-order valence-corrected chi connectivity index (χ2v) is 7.45. The number of aryl methyl sites for hydroxylation is 1. The Balaban J connectivity index is 1.78. The molecule has 2 amide bonds. The molecule has 2 N–H and O–H groups in total. The smallest absolute Gasteiger partial charge is 0.274 e. The fraction of sp³-hybridized carbons (Fsp3) is 0.556. The van der Waals surface area contributed by atoms with Crippen molar-refractivity contribution in [2.24, 2.45) is 11.3 Å². The number of hydrogen-bond donors (Lipinski definition) is 2. The van der Waals surface area contributed by atoms with Crippen molar-refractivity contribution in [3.05, 3.63) is 34.9 Å². The van der Waals surface area contributed by atoms with Crippen molar-refractivity contribution in [1.29, 1.82) is 0 Å². The molecule has 1 aromatic carbocycles. The molecule has 1 heterocycles. The first-order valence-electron chi connectivity index (χ1n) is 8.26. The molecule has 5 heteroatoms. The molecule has 0 saturated carbocycles. The Morgan fingerprint density at radius 2 is 2.13 bits per heavy atom. The lowest BCUT2D eigenvalue weighted by atomic mass is 9.70. The first kappa shape index (κ1) is 16.0. The zero-order valence-electron chi connectivity index (χ0n) is 13.8. The molecule has 1 atom stereocenters. The van der Waals surface area contributed by atoms with Gasteiger partial charge in [-0.2, -0.15) is 0 Å². The van der Waals surface area contributed by atoms with Gasteiger partial charge in [-0.25, -0.2) is 5.48 Å². The third-order valence-electron chi connectivity index (χ3n) is 5.05. The number of carbonyl (C=O) groups is 2. The number of fused-ring (bicyclic) bond motifs is 1. The van der Waals surface area contributed by atoms with Crippen molar-refractivity contribution >= 4 is 11.8 Å². The fourth-order valence-corrected chi connectivity index (χ4v) is 4.00. The minimum atomic E-state index is -0.479. The molecular formula is C18H24N2O3. The Bertz CT molecular complexity index is 641. The lowest BCUT2D eigenvalue weighted by molar-refractivity contribution is -0.128. The standard InChI is InChI=1S/C18H24N2O3/c1-12(2)10-20-11-18(9-16(20)21)6-5-13-7-14(17(22)19-23)3-4-15(13)8-18/h3-4,7,12,23H,5-6,8-11H2,1-2H3,(H,19,22)/t18-/m1/s1. The van der Waals surface area contributed by atoms with E-state index in [0.717, 1.165) is 37.9 Å². The number of rotatable bonds is 3. The molecule has 1 aliphatic heterocycles. The van der Waals surface area contributed by atoms with Gasteiger partial charge in [-0.05, 0) is 48.4 Å². The molecule has 1 spiro atoms. The maximum Gasteiger partial charge on any atom is 0.274 e. The van der Waals surface area contributed by atoms with Gasteiger partial charge < -0.3 is 4.90 Å². The minimum Gasteiger partial charge on any atom is -0.342 e. The average Bonchev–Trinajstić information content (AvgIpc) is 2.80. The maximum atomic E-state index is 12.3. The molecule has 2 aliphatic rings. The highest BCUT2D eigenvalue weighted by Gasteiger charge is 2.44. The summed E-state index contributed by atoms with van der Waals surface area (Å²) < 4.78 is 0. The molecule has 0 radical (unpaired) electrons. The number of nitrogens with one attached hydrogen (secondary N) is 1. The van der Waals surface area contributed by atoms with Crippen LogP contribution in [0.4, 0.5) is 0 Å². The van der Waals surface area contributed by atoms with Crippen molar-refractivity contribution in [3.63, 3.8) is 0 Å². The monoisotopic (exact) mass is 316 g/mol. The summed E-state index contributed by atoms with van der Waals surface area (Å²) in [6.07, 6.45) is 3.39. The molecule has 1 aromatic rings. The molecule has 0 bridgehead atoms. The summed E-state index contributed by atoms with van der Waals surface area (Å²) in [6.45, 7) is 5.97. The van der Waals surface area contributed by atoms with Gasteiger partial charge in [-0.1, -0.05) is 19.9 Å². The van der Waals surface area contributed by atoms with Crippen LogP contribution in [0, 0.1) is 11.3 Å². The summed E-state index contributed by atoms with van der Waals surface area (Å²) in [5, 5.41) is 8.75. The molecule has 23 heavy (non-hydrogen) atoms. The van der Waals surface area contributed by atoms with Gasteiger partial charge in [0.2, 0.25) is 5.91 Å². The maximum absolute atomic E-state index is 12.3. The van der Waals surface area contributed by atoms with Crippen molar-refractivity contribution in [3.8, 4) is 0 Å². The van der Waals surface area contributed by atoms with E-state index in [-0.39, 0.29) is 11.3 Å². The second-order valence-electron chi connectivity index (χ2n) is 7.45. The van der Waals surface area contributed by atoms with Crippen LogP contribution in [-0.2, 0) is 17.6 Å². The highest BCUT2D eigenvalue weighted by molar-refractivity contribution is 5.93. The molecule has 1 aliphatic carbocycles. The van der Waals surface area contributed by atoms with Crippen molar-refractivity contribution in [1.82, 2.24) is 10.4 Å². The molecule has 1 saturated heterocycles. The summed E-state index contributed by atoms with van der Waals surface area (Å²) in [5.41, 5.74) is 4.59. The fourth-order valence-electron chi connectivity index (χ4n) is 4.00. The molecule has 1 fully saturated rings. The summed E-state index contributed by atoms with van der Waals surface area (Å²) in [6, 6.07) is 5.57. The van der Waals surface area contributed by atoms with Crippen molar-refractivity contribution < 1.29 is 14.8 Å². The predicted molar refractivity (Wildman–Crippen MR) is 86.2 cm³/mol. The molecule has 0 unspecified atom stereocenters. The molecule has 5 nitrogen and oxygen atoms in total. The minimum absolute atomic E-state index is 0.0553. The lowest BCUT2D eigenvalue weighted by Crippen LogP contribution is -2.34. The number of benzene rings is 1. The van der Waals surface area contributed by atoms with Gasteiger partial charge in [0.1, 0.15) is 0 Å². The van der Waals surface area contributed by atoms with Crippen LogP contribution in [0.5, 0.6) is 0 Å². The number of nitrogens with zero attached hydrogens (tertiary/aromatic N) is 1. The van der Waals surface area contributed by atoms with Gasteiger partial charge in [-0.3, -0.25) is 14.8 Å². The zero-order chi connectivity index (χ0) is 16.6. The number of carbonyl (C=O) groups excluding carboxylic acids is 2. The quantitative estimate of drug-likeness (QED) is 0.663. The highest BCUT2D eigenvalue weighted by Crippen LogP contribution is 2.43. The van der Waals surface area contributed by atoms with Crippen molar-refractivity contribution in [2.45, 2.75) is 39.5 Å². The largest absolute Gasteiger partial charge is 0.342 e. The van der Waals surface area contributed by atoms with Crippen LogP contribution in [0.25, 0.3) is 0 Å². The van der Waals surface area contributed by atoms with E-state index in [2.05, 4.69) is 13.8 Å². The van der Waals surface area contributed by atoms with Crippen LogP contribution >= 0.6 is 0 Å². The van der Waals surface area contributed by atoms with E-state index in [9.17, 15) is 9.59 Å². The van der Waals surface area contributed by atoms with E-state index in [1.165, 1.54) is 5.56 Å². The third-order valence-corrected chi connectivity index (χ3v) is 5.05. The average molecular weight is 316 g/mol. The Morgan fingerprint density at radius 3 is 2.83 bits per heavy atom. The van der Waals surface area contributed by atoms with E-state index < -0.39 is 5.91 Å². The van der Waals surface area contributed by atoms with E-state index in [1.54, 1.807) is 11.5 Å². The topological polar surface area (TPSA) is 69.6 Å². The molecule has 0 aromatic heterocycles. The third kappa shape index (κ3) is 3.11. The second kappa shape index (κ2) is 5.96. The van der Waals surface area contributed by atoms with E-state index in [4.69, 9.17) is 5.21 Å². The van der Waals surface area contributed by atoms with Crippen LogP contribution in [-0.4, -0.2) is 35.0 Å². The Labute approximate surface area is 136 Å². The van der Waals surface area contributed by atoms with E-state index in [1.807, 2.05) is 17.0 Å². The van der Waals surface area contributed by atoms with E-state index >= 15 is 0 Å². The summed E-state index contributed by atoms with van der Waals surface area (Å²) in [5.74, 6) is 0.287. The van der Waals surface area contributed by atoms with Gasteiger partial charge in [0, 0.05) is 30.5 Å². The van der Waals surface area contributed by atoms with Crippen LogP contribution < -0.4 is 5.48 Å². The van der Waals surface area contributed by atoms with Crippen LogP contribution in [0.2, 0.25) is 0 Å². The summed E-state index contributed by atoms with van der Waals surface area (Å²) >= 11 is 0. The first-order chi connectivity index (χ1) is 10.9. The molecular weight excluding hydrogens is 292 g/mol. The normalized spacial score (nSPS) is 23.5. The van der Waals surface area contributed by atoms with Gasteiger partial charge >= 0.3 is 0 Å². The number of hydrogen-bond acceptors (Lipinski definition) is 3. The van der Waals surface area contributed by atoms with Crippen LogP contribution in [0.3, 0.4) is 0 Å². The van der Waals surface area contributed by atoms with Crippen LogP contribution in [0.15, 0.2) is 18.2 Å². The lowest BCUT2D eigenvalue weighted by Gasteiger charge is -2.34. The number of hydroxylamine groups is 1. The van der Waals surface area contributed by atoms with Crippen LogP contribution in [0.1, 0.15) is 48.2 Å². The number of likely N-dealkylation sites (tertiary alicyclic amines) is 1. The predicted octanol–water partition coefficient (Wildman–Crippen LogP) is 2.17. The zero-order valence-corrected chi connectivity index (χ0v) is 13.8. The number of amides is 2. The van der Waals surface area contributed by atoms with Crippen molar-refractivity contribution in [2.75, 3.05) is 13.1 Å². The Morgan fingerprint density at radius 1 is 1.35 bits per heavy atom. The van der Waals surface area contributed by atoms with Gasteiger partial charge in [0.05, 0.1) is 0 Å².